The molecule has 1 aromatic carbocycles. The molecular weight excluding hydrogens is 478 g/mol. The molecule has 0 radical (unpaired) electrons. The number of nitrogens with one attached hydrogen (secondary N) is 1. The lowest BCUT2D eigenvalue weighted by Crippen LogP contribution is -2.39. The second-order valence-electron chi connectivity index (χ2n) is 9.24. The third-order valence-corrected chi connectivity index (χ3v) is 7.73. The Balaban J connectivity index is 1.48. The Kier molecular flexibility index (Phi) is 7.39. The van der Waals surface area contributed by atoms with E-state index in [1.54, 1.807) is 0 Å². The lowest BCUT2D eigenvalue weighted by molar-refractivity contribution is 0.0365. The number of hydrogen-bond donors (Lipinski definition) is 1. The van der Waals surface area contributed by atoms with Gasteiger partial charge in [-0.1, -0.05) is 29.8 Å². The molecule has 0 saturated carbocycles. The number of halogens is 1. The molecule has 2 fully saturated rings. The Labute approximate surface area is 217 Å². The SMILES string of the molecule is Cc1cc(C2C(c3ccccn3)NC(=S)N2CCCN2CCOCC2)c(C)n1-c1ccccc1Cl. The Hall–Kier alpha value is -2.45. The summed E-state index contributed by atoms with van der Waals surface area (Å²) in [5, 5.41) is 5.12. The predicted molar refractivity (Wildman–Crippen MR) is 144 cm³/mol. The molecule has 184 valence electrons. The predicted octanol–water partition coefficient (Wildman–Crippen LogP) is 4.84. The average Bonchev–Trinajstić information content (AvgIpc) is 3.35. The van der Waals surface area contributed by atoms with Crippen molar-refractivity contribution in [1.29, 1.82) is 0 Å². The molecule has 5 rings (SSSR count). The van der Waals surface area contributed by atoms with Crippen LogP contribution in [0, 0.1) is 13.8 Å². The molecule has 0 amide bonds. The summed E-state index contributed by atoms with van der Waals surface area (Å²) in [4.78, 5) is 9.52. The van der Waals surface area contributed by atoms with Crippen LogP contribution in [-0.4, -0.2) is 63.9 Å². The normalized spacial score (nSPS) is 20.9. The minimum Gasteiger partial charge on any atom is -0.379 e. The maximum absolute atomic E-state index is 6.60. The van der Waals surface area contributed by atoms with Crippen LogP contribution in [0.1, 0.15) is 41.1 Å². The van der Waals surface area contributed by atoms with Crippen molar-refractivity contribution in [3.63, 3.8) is 0 Å². The molecule has 3 aromatic rings. The molecule has 35 heavy (non-hydrogen) atoms. The van der Waals surface area contributed by atoms with Crippen molar-refractivity contribution in [3.05, 3.63) is 82.4 Å². The summed E-state index contributed by atoms with van der Waals surface area (Å²) in [6, 6.07) is 16.4. The van der Waals surface area contributed by atoms with Gasteiger partial charge in [0, 0.05) is 43.8 Å². The van der Waals surface area contributed by atoms with E-state index in [4.69, 9.17) is 33.5 Å². The van der Waals surface area contributed by atoms with Gasteiger partial charge in [-0.15, -0.1) is 0 Å². The van der Waals surface area contributed by atoms with Gasteiger partial charge in [-0.2, -0.15) is 0 Å². The van der Waals surface area contributed by atoms with Crippen molar-refractivity contribution < 1.29 is 4.74 Å². The highest BCUT2D eigenvalue weighted by Crippen LogP contribution is 2.41. The molecule has 0 aliphatic carbocycles. The number of para-hydroxylation sites is 1. The standard InChI is InChI=1S/C27H32ClN5OS/c1-19-18-21(20(2)33(19)24-10-4-3-8-22(24)28)26-25(23-9-5-6-11-29-23)30-27(35)32(26)13-7-12-31-14-16-34-17-15-31/h3-6,8-11,18,25-26H,7,12-17H2,1-2H3,(H,30,35). The molecule has 6 nitrogen and oxygen atoms in total. The van der Waals surface area contributed by atoms with Crippen LogP contribution in [0.5, 0.6) is 0 Å². The summed E-state index contributed by atoms with van der Waals surface area (Å²) in [5.41, 5.74) is 5.56. The van der Waals surface area contributed by atoms with Crippen molar-refractivity contribution in [1.82, 2.24) is 24.7 Å². The van der Waals surface area contributed by atoms with Crippen LogP contribution in [0.3, 0.4) is 0 Å². The quantitative estimate of drug-likeness (QED) is 0.460. The van der Waals surface area contributed by atoms with Crippen LogP contribution in [0.4, 0.5) is 0 Å². The zero-order chi connectivity index (χ0) is 24.4. The summed E-state index contributed by atoms with van der Waals surface area (Å²) < 4.78 is 7.75. The number of thiocarbonyl (C=S) groups is 1. The highest BCUT2D eigenvalue weighted by molar-refractivity contribution is 7.80. The first-order valence-electron chi connectivity index (χ1n) is 12.3. The lowest BCUT2D eigenvalue weighted by Gasteiger charge is -2.30. The van der Waals surface area contributed by atoms with Gasteiger partial charge in [0.15, 0.2) is 5.11 Å². The Morgan fingerprint density at radius 1 is 1.09 bits per heavy atom. The zero-order valence-electron chi connectivity index (χ0n) is 20.3. The van der Waals surface area contributed by atoms with Gasteiger partial charge < -0.3 is 19.5 Å². The fourth-order valence-electron chi connectivity index (χ4n) is 5.37. The molecule has 2 aromatic heterocycles. The van der Waals surface area contributed by atoms with E-state index in [1.165, 1.54) is 11.3 Å². The summed E-state index contributed by atoms with van der Waals surface area (Å²) in [5.74, 6) is 0. The van der Waals surface area contributed by atoms with Crippen molar-refractivity contribution >= 4 is 28.9 Å². The number of nitrogens with zero attached hydrogens (tertiary/aromatic N) is 4. The number of hydrogen-bond acceptors (Lipinski definition) is 4. The van der Waals surface area contributed by atoms with E-state index >= 15 is 0 Å². The fourth-order valence-corrected chi connectivity index (χ4v) is 5.92. The largest absolute Gasteiger partial charge is 0.379 e. The van der Waals surface area contributed by atoms with E-state index in [2.05, 4.69) is 51.7 Å². The van der Waals surface area contributed by atoms with Crippen molar-refractivity contribution in [2.45, 2.75) is 32.4 Å². The second-order valence-corrected chi connectivity index (χ2v) is 10.0. The summed E-state index contributed by atoms with van der Waals surface area (Å²) >= 11 is 12.5. The van der Waals surface area contributed by atoms with E-state index < -0.39 is 0 Å². The maximum atomic E-state index is 6.60. The first-order valence-corrected chi connectivity index (χ1v) is 13.0. The molecule has 1 N–H and O–H groups in total. The van der Waals surface area contributed by atoms with E-state index in [1.807, 2.05) is 36.5 Å². The Morgan fingerprint density at radius 3 is 2.60 bits per heavy atom. The highest BCUT2D eigenvalue weighted by atomic mass is 35.5. The number of pyridine rings is 1. The first kappa shape index (κ1) is 24.3. The van der Waals surface area contributed by atoms with Gasteiger partial charge in [0.1, 0.15) is 0 Å². The van der Waals surface area contributed by atoms with Crippen molar-refractivity contribution in [2.24, 2.45) is 0 Å². The molecule has 2 aliphatic heterocycles. The van der Waals surface area contributed by atoms with Gasteiger partial charge in [-0.3, -0.25) is 9.88 Å². The van der Waals surface area contributed by atoms with Gasteiger partial charge in [-0.25, -0.2) is 0 Å². The van der Waals surface area contributed by atoms with Crippen LogP contribution in [0.15, 0.2) is 54.7 Å². The second kappa shape index (κ2) is 10.7. The summed E-state index contributed by atoms with van der Waals surface area (Å²) in [7, 11) is 0. The van der Waals surface area contributed by atoms with Crippen LogP contribution in [0.2, 0.25) is 5.02 Å². The molecule has 4 heterocycles. The van der Waals surface area contributed by atoms with E-state index in [-0.39, 0.29) is 12.1 Å². The monoisotopic (exact) mass is 509 g/mol. The number of aryl methyl sites for hydroxylation is 1. The minimum atomic E-state index is -0.0210. The van der Waals surface area contributed by atoms with Gasteiger partial charge >= 0.3 is 0 Å². The van der Waals surface area contributed by atoms with Crippen LogP contribution in [0.25, 0.3) is 5.69 Å². The van der Waals surface area contributed by atoms with Gasteiger partial charge in [0.2, 0.25) is 0 Å². The number of ether oxygens (including phenoxy) is 1. The molecule has 2 saturated heterocycles. The molecule has 0 spiro atoms. The van der Waals surface area contributed by atoms with Gasteiger partial charge in [-0.05, 0) is 68.4 Å². The number of aromatic nitrogens is 2. The number of benzene rings is 1. The summed E-state index contributed by atoms with van der Waals surface area (Å²) in [6.07, 6.45) is 2.89. The number of rotatable bonds is 7. The lowest BCUT2D eigenvalue weighted by atomic mass is 9.96. The number of morpholine rings is 1. The molecule has 2 aliphatic rings. The smallest absolute Gasteiger partial charge is 0.170 e. The third-order valence-electron chi connectivity index (χ3n) is 7.06. The summed E-state index contributed by atoms with van der Waals surface area (Å²) in [6.45, 7) is 9.88. The molecule has 2 atom stereocenters. The van der Waals surface area contributed by atoms with E-state index in [9.17, 15) is 0 Å². The van der Waals surface area contributed by atoms with Crippen molar-refractivity contribution in [3.8, 4) is 5.69 Å². The van der Waals surface area contributed by atoms with Crippen molar-refractivity contribution in [2.75, 3.05) is 39.4 Å². The third kappa shape index (κ3) is 4.96. The van der Waals surface area contributed by atoms with E-state index in [0.717, 1.165) is 73.0 Å². The van der Waals surface area contributed by atoms with Gasteiger partial charge in [0.25, 0.3) is 0 Å². The highest BCUT2D eigenvalue weighted by Gasteiger charge is 2.41. The van der Waals surface area contributed by atoms with Crippen LogP contribution in [-0.2, 0) is 4.74 Å². The Bertz CT molecular complexity index is 1180. The molecule has 0 bridgehead atoms. The van der Waals surface area contributed by atoms with Gasteiger partial charge in [0.05, 0.1) is 41.7 Å². The maximum Gasteiger partial charge on any atom is 0.170 e. The minimum absolute atomic E-state index is 0.0210. The topological polar surface area (TPSA) is 45.6 Å². The Morgan fingerprint density at radius 2 is 1.86 bits per heavy atom. The average molecular weight is 510 g/mol. The van der Waals surface area contributed by atoms with Crippen LogP contribution < -0.4 is 5.32 Å². The first-order chi connectivity index (χ1) is 17.0. The molecule has 8 heteroatoms. The van der Waals surface area contributed by atoms with Crippen LogP contribution >= 0.6 is 23.8 Å². The molecule has 2 unspecified atom stereocenters. The zero-order valence-corrected chi connectivity index (χ0v) is 21.9. The fraction of sp³-hybridized carbons (Fsp3) is 0.407. The van der Waals surface area contributed by atoms with E-state index in [0.29, 0.717) is 0 Å². The molecular formula is C27H32ClN5OS.